The maximum atomic E-state index is 13.6. The Balaban J connectivity index is 1.67. The van der Waals surface area contributed by atoms with Crippen molar-refractivity contribution < 1.29 is 9.53 Å². The van der Waals surface area contributed by atoms with Gasteiger partial charge < -0.3 is 10.1 Å². The molecule has 1 aromatic carbocycles. The summed E-state index contributed by atoms with van der Waals surface area (Å²) in [5.41, 5.74) is 2.50. The quantitative estimate of drug-likeness (QED) is 0.401. The molecule has 0 atom stereocenters. The standard InChI is InChI=1S/C24H31N5O3S/c1-4-29-22-21(16(2)27-29)26-24(33-15-20(30)25-18-11-6-5-7-12-18)28(23(22)31)14-17-10-8-9-13-19(17)32-3/h8-10,13,18H,4-7,11-12,14-15H2,1-3H3,(H,25,30). The Labute approximate surface area is 197 Å². The van der Waals surface area contributed by atoms with Crippen molar-refractivity contribution in [3.8, 4) is 5.75 Å². The van der Waals surface area contributed by atoms with Gasteiger partial charge in [0.1, 0.15) is 11.3 Å². The zero-order valence-corrected chi connectivity index (χ0v) is 20.3. The Kier molecular flexibility index (Phi) is 7.37. The van der Waals surface area contributed by atoms with E-state index >= 15 is 0 Å². The first-order valence-corrected chi connectivity index (χ1v) is 12.5. The highest BCUT2D eigenvalue weighted by molar-refractivity contribution is 7.99. The molecule has 1 fully saturated rings. The molecule has 8 nitrogen and oxygen atoms in total. The van der Waals surface area contributed by atoms with Gasteiger partial charge in [0.25, 0.3) is 5.56 Å². The molecule has 2 aromatic heterocycles. The summed E-state index contributed by atoms with van der Waals surface area (Å²) in [6.45, 7) is 4.68. The van der Waals surface area contributed by atoms with Gasteiger partial charge in [0.15, 0.2) is 10.7 Å². The number of benzene rings is 1. The van der Waals surface area contributed by atoms with E-state index in [9.17, 15) is 9.59 Å². The van der Waals surface area contributed by atoms with Gasteiger partial charge in [-0.2, -0.15) is 5.10 Å². The average molecular weight is 470 g/mol. The molecule has 1 aliphatic carbocycles. The van der Waals surface area contributed by atoms with Gasteiger partial charge >= 0.3 is 0 Å². The largest absolute Gasteiger partial charge is 0.496 e. The fourth-order valence-electron chi connectivity index (χ4n) is 4.42. The van der Waals surface area contributed by atoms with E-state index in [1.165, 1.54) is 18.2 Å². The number of carbonyl (C=O) groups is 1. The first-order chi connectivity index (χ1) is 16.0. The van der Waals surface area contributed by atoms with E-state index in [1.54, 1.807) is 16.4 Å². The number of hydrogen-bond acceptors (Lipinski definition) is 6. The number of aromatic nitrogens is 4. The monoisotopic (exact) mass is 469 g/mol. The van der Waals surface area contributed by atoms with Gasteiger partial charge in [-0.1, -0.05) is 49.2 Å². The summed E-state index contributed by atoms with van der Waals surface area (Å²) in [4.78, 5) is 31.0. The van der Waals surface area contributed by atoms with Gasteiger partial charge in [0.2, 0.25) is 5.91 Å². The fourth-order valence-corrected chi connectivity index (χ4v) is 5.22. The number of ether oxygens (including phenoxy) is 1. The molecular weight excluding hydrogens is 438 g/mol. The number of methoxy groups -OCH3 is 1. The van der Waals surface area contributed by atoms with Crippen molar-refractivity contribution in [1.29, 1.82) is 0 Å². The van der Waals surface area contributed by atoms with Gasteiger partial charge in [-0.25, -0.2) is 4.98 Å². The van der Waals surface area contributed by atoms with Gasteiger partial charge in [-0.15, -0.1) is 0 Å². The second-order valence-corrected chi connectivity index (χ2v) is 9.33. The number of thioether (sulfide) groups is 1. The molecule has 1 aliphatic rings. The third kappa shape index (κ3) is 5.08. The highest BCUT2D eigenvalue weighted by Crippen LogP contribution is 2.24. The van der Waals surface area contributed by atoms with Crippen molar-refractivity contribution in [3.05, 3.63) is 45.9 Å². The van der Waals surface area contributed by atoms with Crippen molar-refractivity contribution >= 4 is 28.7 Å². The molecule has 0 saturated heterocycles. The van der Waals surface area contributed by atoms with Crippen LogP contribution in [0.15, 0.2) is 34.2 Å². The maximum absolute atomic E-state index is 13.6. The molecule has 1 N–H and O–H groups in total. The van der Waals surface area contributed by atoms with E-state index in [1.807, 2.05) is 38.1 Å². The minimum atomic E-state index is -0.163. The molecule has 1 amide bonds. The smallest absolute Gasteiger partial charge is 0.280 e. The van der Waals surface area contributed by atoms with Crippen molar-refractivity contribution in [2.24, 2.45) is 0 Å². The molecule has 1 saturated carbocycles. The molecule has 0 spiro atoms. The number of hydrogen-bond donors (Lipinski definition) is 1. The van der Waals surface area contributed by atoms with Crippen molar-refractivity contribution in [3.63, 3.8) is 0 Å². The summed E-state index contributed by atoms with van der Waals surface area (Å²) in [7, 11) is 1.61. The lowest BCUT2D eigenvalue weighted by atomic mass is 9.95. The van der Waals surface area contributed by atoms with Gasteiger partial charge in [0.05, 0.1) is 25.1 Å². The molecule has 3 aromatic rings. The third-order valence-corrected chi connectivity index (χ3v) is 7.08. The molecule has 33 heavy (non-hydrogen) atoms. The summed E-state index contributed by atoms with van der Waals surface area (Å²) in [5, 5.41) is 8.14. The number of fused-ring (bicyclic) bond motifs is 1. The van der Waals surface area contributed by atoms with Crippen molar-refractivity contribution in [2.45, 2.75) is 70.2 Å². The van der Waals surface area contributed by atoms with Crippen molar-refractivity contribution in [2.75, 3.05) is 12.9 Å². The van der Waals surface area contributed by atoms with Crippen LogP contribution in [0.3, 0.4) is 0 Å². The van der Waals surface area contributed by atoms with Crippen molar-refractivity contribution in [1.82, 2.24) is 24.6 Å². The predicted octanol–water partition coefficient (Wildman–Crippen LogP) is 3.52. The zero-order chi connectivity index (χ0) is 23.4. The molecule has 9 heteroatoms. The number of carbonyl (C=O) groups excluding carboxylic acids is 1. The Hall–Kier alpha value is -2.81. The molecule has 176 valence electrons. The molecular formula is C24H31N5O3S. The molecule has 4 rings (SSSR count). The van der Waals surface area contributed by atoms with Crippen LogP contribution in [0.1, 0.15) is 50.3 Å². The lowest BCUT2D eigenvalue weighted by molar-refractivity contribution is -0.119. The number of nitrogens with zero attached hydrogens (tertiary/aromatic N) is 4. The fraction of sp³-hybridized carbons (Fsp3) is 0.500. The van der Waals surface area contributed by atoms with Gasteiger partial charge in [-0.05, 0) is 32.8 Å². The Bertz CT molecular complexity index is 1200. The van der Waals surface area contributed by atoms with Crippen LogP contribution in [-0.4, -0.2) is 44.1 Å². The first-order valence-electron chi connectivity index (χ1n) is 11.5. The lowest BCUT2D eigenvalue weighted by Gasteiger charge is -2.22. The number of rotatable bonds is 8. The minimum absolute atomic E-state index is 0.0222. The van der Waals surface area contributed by atoms with E-state index in [4.69, 9.17) is 9.72 Å². The van der Waals surface area contributed by atoms with E-state index in [-0.39, 0.29) is 23.3 Å². The Morgan fingerprint density at radius 3 is 2.73 bits per heavy atom. The minimum Gasteiger partial charge on any atom is -0.496 e. The summed E-state index contributed by atoms with van der Waals surface area (Å²) in [6.07, 6.45) is 5.64. The van der Waals surface area contributed by atoms with E-state index in [0.29, 0.717) is 40.7 Å². The van der Waals surface area contributed by atoms with Gasteiger partial charge in [-0.3, -0.25) is 18.8 Å². The zero-order valence-electron chi connectivity index (χ0n) is 19.5. The molecule has 0 bridgehead atoms. The maximum Gasteiger partial charge on any atom is 0.280 e. The summed E-state index contributed by atoms with van der Waals surface area (Å²) < 4.78 is 8.82. The van der Waals surface area contributed by atoms with Gasteiger partial charge in [0, 0.05) is 18.2 Å². The first kappa shape index (κ1) is 23.4. The summed E-state index contributed by atoms with van der Waals surface area (Å²) in [6, 6.07) is 7.87. The normalized spacial score (nSPS) is 14.5. The average Bonchev–Trinajstić information content (AvgIpc) is 3.16. The topological polar surface area (TPSA) is 91.0 Å². The molecule has 0 radical (unpaired) electrons. The second-order valence-electron chi connectivity index (χ2n) is 8.39. The van der Waals surface area contributed by atoms with Crippen LogP contribution in [0, 0.1) is 6.92 Å². The predicted molar refractivity (Wildman–Crippen MR) is 130 cm³/mol. The van der Waals surface area contributed by atoms with Crippen LogP contribution in [0.2, 0.25) is 0 Å². The Morgan fingerprint density at radius 1 is 1.24 bits per heavy atom. The van der Waals surface area contributed by atoms with Crippen LogP contribution in [0.4, 0.5) is 0 Å². The van der Waals surface area contributed by atoms with E-state index < -0.39 is 0 Å². The SMILES string of the molecule is CCn1nc(C)c2nc(SCC(=O)NC3CCCCC3)n(Cc3ccccc3OC)c(=O)c21. The Morgan fingerprint density at radius 2 is 2.00 bits per heavy atom. The molecule has 2 heterocycles. The van der Waals surface area contributed by atoms with Crippen LogP contribution in [-0.2, 0) is 17.9 Å². The molecule has 0 aliphatic heterocycles. The number of aryl methyl sites for hydroxylation is 2. The van der Waals surface area contributed by atoms with Crippen LogP contribution >= 0.6 is 11.8 Å². The number of amides is 1. The highest BCUT2D eigenvalue weighted by Gasteiger charge is 2.21. The summed E-state index contributed by atoms with van der Waals surface area (Å²) in [5.74, 6) is 0.892. The van der Waals surface area contributed by atoms with E-state index in [0.717, 1.165) is 31.2 Å². The third-order valence-electron chi connectivity index (χ3n) is 6.11. The van der Waals surface area contributed by atoms with Crippen LogP contribution < -0.4 is 15.6 Å². The number of nitrogens with one attached hydrogen (secondary N) is 1. The summed E-state index contributed by atoms with van der Waals surface area (Å²) >= 11 is 1.29. The highest BCUT2D eigenvalue weighted by atomic mass is 32.2. The lowest BCUT2D eigenvalue weighted by Crippen LogP contribution is -2.37. The number of para-hydroxylation sites is 1. The van der Waals surface area contributed by atoms with Crippen LogP contribution in [0.25, 0.3) is 11.0 Å². The van der Waals surface area contributed by atoms with Crippen LogP contribution in [0.5, 0.6) is 5.75 Å². The molecule has 0 unspecified atom stereocenters. The second kappa shape index (κ2) is 10.4. The van der Waals surface area contributed by atoms with E-state index in [2.05, 4.69) is 10.4 Å².